The highest BCUT2D eigenvalue weighted by atomic mass is 35.5. The second-order valence-electron chi connectivity index (χ2n) is 6.91. The summed E-state index contributed by atoms with van der Waals surface area (Å²) in [4.78, 5) is 40.9. The Balaban J connectivity index is 1.51. The Morgan fingerprint density at radius 2 is 1.65 bits per heavy atom. The molecule has 0 spiro atoms. The summed E-state index contributed by atoms with van der Waals surface area (Å²) in [6, 6.07) is 11.6. The average Bonchev–Trinajstić information content (AvgIpc) is 2.77. The maximum atomic E-state index is 12.7. The number of hydrogen-bond donors (Lipinski definition) is 1. The fraction of sp³-hybridized carbons (Fsp3) is 0.318. The van der Waals surface area contributed by atoms with Gasteiger partial charge in [0.15, 0.2) is 0 Å². The number of nitrogens with zero attached hydrogens (tertiary/aromatic N) is 2. The molecule has 0 bridgehead atoms. The SMILES string of the molecule is CCOc1ccccc1C(=O)NCC(=O)N1CCN(C(=O)c2ccc(Cl)cc2Cl)CC1. The van der Waals surface area contributed by atoms with Gasteiger partial charge in [-0.1, -0.05) is 35.3 Å². The fourth-order valence-corrected chi connectivity index (χ4v) is 3.78. The lowest BCUT2D eigenvalue weighted by molar-refractivity contribution is -0.131. The number of carbonyl (C=O) groups excluding carboxylic acids is 3. The van der Waals surface area contributed by atoms with Gasteiger partial charge in [0.25, 0.3) is 11.8 Å². The van der Waals surface area contributed by atoms with Crippen molar-refractivity contribution in [2.75, 3.05) is 39.3 Å². The van der Waals surface area contributed by atoms with Crippen molar-refractivity contribution in [3.05, 3.63) is 63.6 Å². The summed E-state index contributed by atoms with van der Waals surface area (Å²) in [5.74, 6) is -0.306. The lowest BCUT2D eigenvalue weighted by atomic mass is 10.1. The molecule has 1 aliphatic heterocycles. The molecule has 2 aromatic rings. The van der Waals surface area contributed by atoms with Crippen molar-refractivity contribution < 1.29 is 19.1 Å². The first kappa shape index (κ1) is 22.9. The van der Waals surface area contributed by atoms with Crippen molar-refractivity contribution in [3.8, 4) is 5.75 Å². The van der Waals surface area contributed by atoms with E-state index in [0.29, 0.717) is 59.7 Å². The Morgan fingerprint density at radius 3 is 2.32 bits per heavy atom. The van der Waals surface area contributed by atoms with E-state index in [-0.39, 0.29) is 24.3 Å². The Kier molecular flexibility index (Phi) is 7.76. The summed E-state index contributed by atoms with van der Waals surface area (Å²) in [6.07, 6.45) is 0. The highest BCUT2D eigenvalue weighted by Crippen LogP contribution is 2.23. The summed E-state index contributed by atoms with van der Waals surface area (Å²) in [5, 5.41) is 3.41. The molecular formula is C22H23Cl2N3O4. The second-order valence-corrected chi connectivity index (χ2v) is 7.75. The van der Waals surface area contributed by atoms with Crippen LogP contribution in [0.3, 0.4) is 0 Å². The molecule has 1 aliphatic rings. The van der Waals surface area contributed by atoms with Crippen LogP contribution in [0, 0.1) is 0 Å². The van der Waals surface area contributed by atoms with Crippen LogP contribution in [0.2, 0.25) is 10.0 Å². The van der Waals surface area contributed by atoms with E-state index in [9.17, 15) is 14.4 Å². The first-order valence-electron chi connectivity index (χ1n) is 9.92. The number of ether oxygens (including phenoxy) is 1. The molecule has 1 fully saturated rings. The molecule has 9 heteroatoms. The number of halogens is 2. The molecule has 31 heavy (non-hydrogen) atoms. The predicted octanol–water partition coefficient (Wildman–Crippen LogP) is 3.11. The third kappa shape index (κ3) is 5.68. The van der Waals surface area contributed by atoms with E-state index in [2.05, 4.69) is 5.32 Å². The molecule has 0 aromatic heterocycles. The average molecular weight is 464 g/mol. The summed E-state index contributed by atoms with van der Waals surface area (Å²) in [7, 11) is 0. The van der Waals surface area contributed by atoms with Gasteiger partial charge in [-0.2, -0.15) is 0 Å². The van der Waals surface area contributed by atoms with Gasteiger partial charge in [0.05, 0.1) is 29.3 Å². The van der Waals surface area contributed by atoms with Gasteiger partial charge < -0.3 is 19.9 Å². The zero-order chi connectivity index (χ0) is 22.4. The molecule has 1 heterocycles. The van der Waals surface area contributed by atoms with Crippen molar-refractivity contribution in [1.29, 1.82) is 0 Å². The van der Waals surface area contributed by atoms with Gasteiger partial charge >= 0.3 is 0 Å². The van der Waals surface area contributed by atoms with Crippen LogP contribution in [0.15, 0.2) is 42.5 Å². The second kappa shape index (κ2) is 10.5. The van der Waals surface area contributed by atoms with Gasteiger partial charge in [0.1, 0.15) is 5.75 Å². The van der Waals surface area contributed by atoms with Crippen molar-refractivity contribution in [3.63, 3.8) is 0 Å². The minimum Gasteiger partial charge on any atom is -0.493 e. The van der Waals surface area contributed by atoms with Crippen LogP contribution in [-0.2, 0) is 4.79 Å². The van der Waals surface area contributed by atoms with Crippen molar-refractivity contribution in [1.82, 2.24) is 15.1 Å². The van der Waals surface area contributed by atoms with E-state index in [0.717, 1.165) is 0 Å². The first-order chi connectivity index (χ1) is 14.9. The molecule has 2 aromatic carbocycles. The van der Waals surface area contributed by atoms with Crippen LogP contribution in [0.5, 0.6) is 5.75 Å². The molecule has 3 amide bonds. The monoisotopic (exact) mass is 463 g/mol. The number of rotatable bonds is 6. The third-order valence-corrected chi connectivity index (χ3v) is 5.46. The van der Waals surface area contributed by atoms with Crippen LogP contribution in [0.25, 0.3) is 0 Å². The number of para-hydroxylation sites is 1. The molecule has 164 valence electrons. The summed E-state index contributed by atoms with van der Waals surface area (Å²) >= 11 is 12.0. The molecule has 0 unspecified atom stereocenters. The van der Waals surface area contributed by atoms with Crippen molar-refractivity contribution in [2.24, 2.45) is 0 Å². The lowest BCUT2D eigenvalue weighted by Gasteiger charge is -2.35. The Bertz CT molecular complexity index is 975. The number of benzene rings is 2. The zero-order valence-corrected chi connectivity index (χ0v) is 18.6. The van der Waals surface area contributed by atoms with Crippen molar-refractivity contribution in [2.45, 2.75) is 6.92 Å². The smallest absolute Gasteiger partial charge is 0.255 e. The largest absolute Gasteiger partial charge is 0.493 e. The number of hydrogen-bond acceptors (Lipinski definition) is 4. The highest BCUT2D eigenvalue weighted by Gasteiger charge is 2.26. The predicted molar refractivity (Wildman–Crippen MR) is 119 cm³/mol. The van der Waals surface area contributed by atoms with Crippen LogP contribution >= 0.6 is 23.2 Å². The van der Waals surface area contributed by atoms with Gasteiger partial charge in [-0.25, -0.2) is 0 Å². The normalized spacial score (nSPS) is 13.6. The number of nitrogens with one attached hydrogen (secondary N) is 1. The summed E-state index contributed by atoms with van der Waals surface area (Å²) < 4.78 is 5.46. The molecule has 1 saturated heterocycles. The molecule has 0 radical (unpaired) electrons. The van der Waals surface area contributed by atoms with Gasteiger partial charge in [-0.15, -0.1) is 0 Å². The van der Waals surface area contributed by atoms with Crippen LogP contribution in [-0.4, -0.2) is 66.9 Å². The number of amides is 3. The highest BCUT2D eigenvalue weighted by molar-refractivity contribution is 6.36. The third-order valence-electron chi connectivity index (χ3n) is 4.91. The maximum Gasteiger partial charge on any atom is 0.255 e. The van der Waals surface area contributed by atoms with Gasteiger partial charge in [0, 0.05) is 31.2 Å². The summed E-state index contributed by atoms with van der Waals surface area (Å²) in [5.41, 5.74) is 0.762. The van der Waals surface area contributed by atoms with Crippen LogP contribution < -0.4 is 10.1 Å². The Hall–Kier alpha value is -2.77. The van der Waals surface area contributed by atoms with E-state index in [4.69, 9.17) is 27.9 Å². The minimum atomic E-state index is -0.372. The topological polar surface area (TPSA) is 79.0 Å². The van der Waals surface area contributed by atoms with Crippen LogP contribution in [0.1, 0.15) is 27.6 Å². The fourth-order valence-electron chi connectivity index (χ4n) is 3.29. The Labute approximate surface area is 190 Å². The zero-order valence-electron chi connectivity index (χ0n) is 17.1. The van der Waals surface area contributed by atoms with Gasteiger partial charge in [0.2, 0.25) is 5.91 Å². The molecule has 7 nitrogen and oxygen atoms in total. The van der Waals surface area contributed by atoms with E-state index in [1.807, 2.05) is 6.92 Å². The molecule has 0 aliphatic carbocycles. The molecule has 0 saturated carbocycles. The van der Waals surface area contributed by atoms with E-state index in [1.165, 1.54) is 6.07 Å². The maximum absolute atomic E-state index is 12.7. The van der Waals surface area contributed by atoms with Crippen LogP contribution in [0.4, 0.5) is 0 Å². The Morgan fingerprint density at radius 1 is 0.968 bits per heavy atom. The molecule has 1 N–H and O–H groups in total. The molecular weight excluding hydrogens is 441 g/mol. The van der Waals surface area contributed by atoms with E-state index in [1.54, 1.807) is 46.2 Å². The van der Waals surface area contributed by atoms with Crippen molar-refractivity contribution >= 4 is 40.9 Å². The van der Waals surface area contributed by atoms with Gasteiger partial charge in [-0.05, 0) is 37.3 Å². The lowest BCUT2D eigenvalue weighted by Crippen LogP contribution is -2.52. The first-order valence-corrected chi connectivity index (χ1v) is 10.7. The summed E-state index contributed by atoms with van der Waals surface area (Å²) in [6.45, 7) is 3.66. The van der Waals surface area contributed by atoms with Gasteiger partial charge in [-0.3, -0.25) is 14.4 Å². The molecule has 0 atom stereocenters. The number of piperazine rings is 1. The molecule has 3 rings (SSSR count). The minimum absolute atomic E-state index is 0.129. The van der Waals surface area contributed by atoms with E-state index < -0.39 is 0 Å². The number of carbonyl (C=O) groups is 3. The quantitative estimate of drug-likeness (QED) is 0.713. The standard InChI is InChI=1S/C22H23Cl2N3O4/c1-2-31-19-6-4-3-5-17(19)21(29)25-14-20(28)26-9-11-27(12-10-26)22(30)16-8-7-15(23)13-18(16)24/h3-8,13H,2,9-12,14H2,1H3,(H,25,29). The van der Waals surface area contributed by atoms with E-state index >= 15 is 0 Å².